The maximum atomic E-state index is 13.9. The minimum atomic E-state index is -0.393. The normalized spacial score (nSPS) is 10.4. The summed E-state index contributed by atoms with van der Waals surface area (Å²) in [5, 5.41) is 3.52. The summed E-state index contributed by atoms with van der Waals surface area (Å²) in [4.78, 5) is 0. The van der Waals surface area contributed by atoms with Gasteiger partial charge in [0.2, 0.25) is 0 Å². The minimum Gasteiger partial charge on any atom is -0.496 e. The van der Waals surface area contributed by atoms with Gasteiger partial charge in [0.05, 0.1) is 12.7 Å². The van der Waals surface area contributed by atoms with Crippen molar-refractivity contribution in [3.8, 4) is 17.1 Å². The molecule has 0 fully saturated rings. The topological polar surface area (TPSA) is 61.3 Å². The van der Waals surface area contributed by atoms with Crippen molar-refractivity contribution in [2.45, 2.75) is 6.92 Å². The van der Waals surface area contributed by atoms with E-state index in [0.29, 0.717) is 11.3 Å². The highest BCUT2D eigenvalue weighted by molar-refractivity contribution is 5.69. The van der Waals surface area contributed by atoms with Crippen LogP contribution in [0.4, 0.5) is 10.2 Å². The first-order chi connectivity index (χ1) is 7.63. The van der Waals surface area contributed by atoms with Crippen LogP contribution in [0.15, 0.2) is 22.7 Å². The number of halogens is 1. The number of rotatable bonds is 2. The van der Waals surface area contributed by atoms with Crippen LogP contribution in [-0.4, -0.2) is 12.3 Å². The molecule has 0 aliphatic rings. The number of nitrogen functional groups attached to an aromatic ring is 1. The molecule has 1 aromatic heterocycles. The van der Waals surface area contributed by atoms with E-state index in [1.807, 2.05) is 0 Å². The van der Waals surface area contributed by atoms with Crippen LogP contribution in [-0.2, 0) is 0 Å². The average molecular weight is 222 g/mol. The molecule has 2 aromatic rings. The molecular formula is C11H11FN2O2. The Kier molecular flexibility index (Phi) is 2.52. The van der Waals surface area contributed by atoms with Crippen molar-refractivity contribution in [1.82, 2.24) is 5.16 Å². The molecule has 0 radical (unpaired) electrons. The number of nitrogens with zero attached hydrogens (tertiary/aromatic N) is 1. The lowest BCUT2D eigenvalue weighted by Gasteiger charge is -2.08. The number of hydrogen-bond acceptors (Lipinski definition) is 4. The number of nitrogens with two attached hydrogens (primary N) is 1. The van der Waals surface area contributed by atoms with Gasteiger partial charge in [0.15, 0.2) is 11.6 Å². The summed E-state index contributed by atoms with van der Waals surface area (Å²) < 4.78 is 23.9. The monoisotopic (exact) mass is 222 g/mol. The third kappa shape index (κ3) is 1.60. The third-order valence-corrected chi connectivity index (χ3v) is 2.29. The van der Waals surface area contributed by atoms with Crippen LogP contribution >= 0.6 is 0 Å². The van der Waals surface area contributed by atoms with Gasteiger partial charge in [0.25, 0.3) is 0 Å². The lowest BCUT2D eigenvalue weighted by molar-refractivity contribution is 0.402. The molecule has 0 atom stereocenters. The Morgan fingerprint density at radius 2 is 2.19 bits per heavy atom. The number of benzene rings is 1. The van der Waals surface area contributed by atoms with Crippen molar-refractivity contribution >= 4 is 5.82 Å². The van der Waals surface area contributed by atoms with Gasteiger partial charge in [-0.25, -0.2) is 4.39 Å². The fourth-order valence-corrected chi connectivity index (χ4v) is 1.47. The van der Waals surface area contributed by atoms with Crippen molar-refractivity contribution < 1.29 is 13.7 Å². The molecule has 0 spiro atoms. The van der Waals surface area contributed by atoms with Crippen LogP contribution in [0.3, 0.4) is 0 Å². The first kappa shape index (κ1) is 10.5. The second-order valence-electron chi connectivity index (χ2n) is 3.39. The van der Waals surface area contributed by atoms with E-state index in [1.54, 1.807) is 19.1 Å². The molecule has 2 rings (SSSR count). The Labute approximate surface area is 91.8 Å². The van der Waals surface area contributed by atoms with Crippen molar-refractivity contribution in [2.75, 3.05) is 12.8 Å². The molecule has 16 heavy (non-hydrogen) atoms. The molecular weight excluding hydrogens is 211 g/mol. The predicted octanol–water partition coefficient (Wildman–Crippen LogP) is 2.38. The summed E-state index contributed by atoms with van der Waals surface area (Å²) in [6.07, 6.45) is 0. The summed E-state index contributed by atoms with van der Waals surface area (Å²) in [5.41, 5.74) is 6.18. The number of anilines is 1. The highest BCUT2D eigenvalue weighted by Gasteiger charge is 2.17. The number of hydrogen-bond donors (Lipinski definition) is 1. The van der Waals surface area contributed by atoms with Crippen LogP contribution in [0.2, 0.25) is 0 Å². The standard InChI is InChI=1S/C11H11FN2O2/c1-6-3-4-7(15-2)10(11(6)12)8-5-9(13)14-16-8/h3-5H,1-2H3,(H2,13,14). The van der Waals surface area contributed by atoms with Gasteiger partial charge in [-0.3, -0.25) is 0 Å². The van der Waals surface area contributed by atoms with Crippen molar-refractivity contribution in [1.29, 1.82) is 0 Å². The quantitative estimate of drug-likeness (QED) is 0.847. The van der Waals surface area contributed by atoms with E-state index < -0.39 is 5.82 Å². The van der Waals surface area contributed by atoms with Gasteiger partial charge < -0.3 is 15.0 Å². The van der Waals surface area contributed by atoms with E-state index >= 15 is 0 Å². The van der Waals surface area contributed by atoms with Crippen LogP contribution in [0, 0.1) is 12.7 Å². The molecule has 0 amide bonds. The Bertz CT molecular complexity index is 523. The van der Waals surface area contributed by atoms with Crippen LogP contribution in [0.25, 0.3) is 11.3 Å². The number of aromatic nitrogens is 1. The average Bonchev–Trinajstić information content (AvgIpc) is 2.68. The highest BCUT2D eigenvalue weighted by Crippen LogP contribution is 2.34. The Hall–Kier alpha value is -2.04. The molecule has 4 nitrogen and oxygen atoms in total. The van der Waals surface area contributed by atoms with Crippen LogP contribution in [0.5, 0.6) is 5.75 Å². The van der Waals surface area contributed by atoms with E-state index in [9.17, 15) is 4.39 Å². The summed E-state index contributed by atoms with van der Waals surface area (Å²) in [6, 6.07) is 4.77. The molecule has 0 aliphatic heterocycles. The highest BCUT2D eigenvalue weighted by atomic mass is 19.1. The van der Waals surface area contributed by atoms with Gasteiger partial charge in [0, 0.05) is 6.07 Å². The van der Waals surface area contributed by atoms with Crippen molar-refractivity contribution in [3.63, 3.8) is 0 Å². The Balaban J connectivity index is 2.66. The number of ether oxygens (including phenoxy) is 1. The van der Waals surface area contributed by atoms with Crippen molar-refractivity contribution in [2.24, 2.45) is 0 Å². The summed E-state index contributed by atoms with van der Waals surface area (Å²) in [6.45, 7) is 1.66. The number of aryl methyl sites for hydroxylation is 1. The summed E-state index contributed by atoms with van der Waals surface area (Å²) >= 11 is 0. The van der Waals surface area contributed by atoms with Crippen molar-refractivity contribution in [3.05, 3.63) is 29.6 Å². The zero-order valence-electron chi connectivity index (χ0n) is 8.95. The zero-order chi connectivity index (χ0) is 11.7. The SMILES string of the molecule is COc1ccc(C)c(F)c1-c1cc(N)no1. The summed E-state index contributed by atoms with van der Waals surface area (Å²) in [5.74, 6) is 0.461. The van der Waals surface area contributed by atoms with Gasteiger partial charge >= 0.3 is 0 Å². The molecule has 5 heteroatoms. The lowest BCUT2D eigenvalue weighted by atomic mass is 10.1. The van der Waals surface area contributed by atoms with Crippen LogP contribution < -0.4 is 10.5 Å². The number of methoxy groups -OCH3 is 1. The van der Waals surface area contributed by atoms with E-state index in [2.05, 4.69) is 5.16 Å². The first-order valence-electron chi connectivity index (χ1n) is 4.69. The minimum absolute atomic E-state index is 0.206. The van der Waals surface area contributed by atoms with E-state index in [4.69, 9.17) is 15.0 Å². The lowest BCUT2D eigenvalue weighted by Crippen LogP contribution is -1.93. The Morgan fingerprint density at radius 1 is 1.44 bits per heavy atom. The van der Waals surface area contributed by atoms with Gasteiger partial charge in [-0.15, -0.1) is 0 Å². The van der Waals surface area contributed by atoms with Gasteiger partial charge in [-0.1, -0.05) is 11.2 Å². The summed E-state index contributed by atoms with van der Waals surface area (Å²) in [7, 11) is 1.47. The van der Waals surface area contributed by atoms with E-state index in [0.717, 1.165) is 0 Å². The fourth-order valence-electron chi connectivity index (χ4n) is 1.47. The first-order valence-corrected chi connectivity index (χ1v) is 4.69. The second-order valence-corrected chi connectivity index (χ2v) is 3.39. The third-order valence-electron chi connectivity index (χ3n) is 2.29. The maximum Gasteiger partial charge on any atom is 0.175 e. The maximum absolute atomic E-state index is 13.9. The molecule has 84 valence electrons. The zero-order valence-corrected chi connectivity index (χ0v) is 8.95. The van der Waals surface area contributed by atoms with Gasteiger partial charge in [-0.2, -0.15) is 0 Å². The van der Waals surface area contributed by atoms with Gasteiger partial charge in [-0.05, 0) is 18.6 Å². The smallest absolute Gasteiger partial charge is 0.175 e. The largest absolute Gasteiger partial charge is 0.496 e. The molecule has 0 unspecified atom stereocenters. The fraction of sp³-hybridized carbons (Fsp3) is 0.182. The van der Waals surface area contributed by atoms with E-state index in [-0.39, 0.29) is 17.1 Å². The van der Waals surface area contributed by atoms with E-state index in [1.165, 1.54) is 13.2 Å². The molecule has 2 N–H and O–H groups in total. The molecule has 1 aromatic carbocycles. The Morgan fingerprint density at radius 3 is 2.75 bits per heavy atom. The second kappa shape index (κ2) is 3.84. The molecule has 0 saturated carbocycles. The van der Waals surface area contributed by atoms with Gasteiger partial charge in [0.1, 0.15) is 11.6 Å². The molecule has 1 heterocycles. The predicted molar refractivity (Wildman–Crippen MR) is 57.6 cm³/mol. The molecule has 0 aliphatic carbocycles. The van der Waals surface area contributed by atoms with Crippen LogP contribution in [0.1, 0.15) is 5.56 Å². The molecule has 0 bridgehead atoms. The molecule has 0 saturated heterocycles.